The van der Waals surface area contributed by atoms with Crippen LogP contribution in [0.1, 0.15) is 29.3 Å². The molecule has 0 unspecified atom stereocenters. The molecule has 0 spiro atoms. The van der Waals surface area contributed by atoms with Crippen LogP contribution in [0.5, 0.6) is 11.5 Å². The van der Waals surface area contributed by atoms with Crippen LogP contribution < -0.4 is 20.2 Å². The lowest BCUT2D eigenvalue weighted by atomic mass is 10.2. The topological polar surface area (TPSA) is 84.8 Å². The highest BCUT2D eigenvalue weighted by Crippen LogP contribution is 2.34. The smallest absolute Gasteiger partial charge is 0.416 e. The second-order valence-electron chi connectivity index (χ2n) is 8.45. The summed E-state index contributed by atoms with van der Waals surface area (Å²) in [6.07, 6.45) is -3.12. The van der Waals surface area contributed by atoms with Gasteiger partial charge >= 0.3 is 6.18 Å². The summed E-state index contributed by atoms with van der Waals surface area (Å²) in [5.41, 5.74) is 3.30. The van der Waals surface area contributed by atoms with E-state index in [1.807, 2.05) is 6.92 Å². The van der Waals surface area contributed by atoms with Crippen LogP contribution >= 0.6 is 27.3 Å². The van der Waals surface area contributed by atoms with Crippen molar-refractivity contribution < 1.29 is 31.8 Å². The van der Waals surface area contributed by atoms with Crippen molar-refractivity contribution in [2.75, 3.05) is 11.9 Å². The lowest BCUT2D eigenvalue weighted by molar-refractivity contribution is -0.137. The Hall–Kier alpha value is -3.97. The zero-order valence-corrected chi connectivity index (χ0v) is 23.9. The van der Waals surface area contributed by atoms with Crippen LogP contribution in [0.15, 0.2) is 75.6 Å². The number of carbonyl (C=O) groups is 1. The van der Waals surface area contributed by atoms with E-state index in [-0.39, 0.29) is 24.5 Å². The molecule has 2 N–H and O–H groups in total. The molecule has 0 bridgehead atoms. The number of rotatable bonds is 11. The van der Waals surface area contributed by atoms with Crippen molar-refractivity contribution in [1.82, 2.24) is 10.4 Å². The predicted molar refractivity (Wildman–Crippen MR) is 152 cm³/mol. The minimum absolute atomic E-state index is 0.0104. The Bertz CT molecular complexity index is 1550. The lowest BCUT2D eigenvalue weighted by Gasteiger charge is -2.14. The monoisotopic (exact) mass is 650 g/mol. The van der Waals surface area contributed by atoms with Crippen molar-refractivity contribution in [1.29, 1.82) is 0 Å². The van der Waals surface area contributed by atoms with Gasteiger partial charge < -0.3 is 14.8 Å². The molecule has 0 atom stereocenters. The number of aromatic nitrogens is 1. The highest BCUT2D eigenvalue weighted by Gasteiger charge is 2.30. The summed E-state index contributed by atoms with van der Waals surface area (Å²) >= 11 is 4.61. The number of thiazole rings is 1. The Labute approximate surface area is 245 Å². The van der Waals surface area contributed by atoms with Gasteiger partial charge in [-0.1, -0.05) is 24.3 Å². The number of benzene rings is 3. The molecule has 41 heavy (non-hydrogen) atoms. The SMILES string of the molecule is CCOc1cc(/C=N\NC(=O)Cc2csc(Nc3cccc(C(F)(F)F)c3)n2)c(Br)cc1OCc1ccccc1F. The van der Waals surface area contributed by atoms with E-state index in [0.29, 0.717) is 44.5 Å². The Morgan fingerprint density at radius 3 is 2.63 bits per heavy atom. The molecule has 1 aromatic heterocycles. The van der Waals surface area contributed by atoms with Gasteiger partial charge in [-0.2, -0.15) is 18.3 Å². The van der Waals surface area contributed by atoms with Gasteiger partial charge in [-0.15, -0.1) is 11.3 Å². The highest BCUT2D eigenvalue weighted by molar-refractivity contribution is 9.10. The lowest BCUT2D eigenvalue weighted by Crippen LogP contribution is -2.20. The van der Waals surface area contributed by atoms with Crippen molar-refractivity contribution in [3.8, 4) is 11.5 Å². The predicted octanol–water partition coefficient (Wildman–Crippen LogP) is 7.48. The molecule has 4 aromatic rings. The molecule has 1 amide bonds. The van der Waals surface area contributed by atoms with Crippen LogP contribution in [0.25, 0.3) is 0 Å². The van der Waals surface area contributed by atoms with Gasteiger partial charge in [-0.3, -0.25) is 4.79 Å². The summed E-state index contributed by atoms with van der Waals surface area (Å²) in [6.45, 7) is 2.19. The van der Waals surface area contributed by atoms with Crippen LogP contribution in [-0.2, 0) is 24.0 Å². The number of ether oxygens (including phenoxy) is 2. The van der Waals surface area contributed by atoms with Gasteiger partial charge in [0, 0.05) is 26.7 Å². The number of hydrogen-bond donors (Lipinski definition) is 2. The molecule has 3 aromatic carbocycles. The first kappa shape index (κ1) is 30.0. The molecule has 7 nitrogen and oxygen atoms in total. The van der Waals surface area contributed by atoms with Crippen molar-refractivity contribution in [2.24, 2.45) is 5.10 Å². The van der Waals surface area contributed by atoms with E-state index in [1.165, 1.54) is 24.4 Å². The molecule has 0 aliphatic rings. The number of halogens is 5. The van der Waals surface area contributed by atoms with Crippen molar-refractivity contribution >= 4 is 50.2 Å². The largest absolute Gasteiger partial charge is 0.490 e. The Morgan fingerprint density at radius 1 is 1.10 bits per heavy atom. The number of alkyl halides is 3. The average molecular weight is 651 g/mol. The second kappa shape index (κ2) is 13.6. The molecule has 0 saturated heterocycles. The van der Waals surface area contributed by atoms with Gasteiger partial charge in [0.25, 0.3) is 0 Å². The number of nitrogens with one attached hydrogen (secondary N) is 2. The zero-order valence-electron chi connectivity index (χ0n) is 21.5. The number of hydrazone groups is 1. The molecule has 214 valence electrons. The number of anilines is 2. The number of amides is 1. The number of nitrogens with zero attached hydrogens (tertiary/aromatic N) is 2. The average Bonchev–Trinajstić information content (AvgIpc) is 3.36. The fourth-order valence-corrected chi connectivity index (χ4v) is 4.68. The number of hydrogen-bond acceptors (Lipinski definition) is 7. The Kier molecular flexibility index (Phi) is 9.95. The molecule has 0 fully saturated rings. The molecule has 13 heteroatoms. The third kappa shape index (κ3) is 8.51. The molecule has 0 radical (unpaired) electrons. The van der Waals surface area contributed by atoms with Crippen molar-refractivity contribution in [3.05, 3.63) is 98.7 Å². The van der Waals surface area contributed by atoms with E-state index in [2.05, 4.69) is 36.8 Å². The van der Waals surface area contributed by atoms with Crippen LogP contribution in [0.3, 0.4) is 0 Å². The Balaban J connectivity index is 1.35. The van der Waals surface area contributed by atoms with Gasteiger partial charge in [0.15, 0.2) is 16.6 Å². The summed E-state index contributed by atoms with van der Waals surface area (Å²) in [4.78, 5) is 16.6. The molecule has 0 saturated carbocycles. The first-order valence-corrected chi connectivity index (χ1v) is 13.8. The van der Waals surface area contributed by atoms with Crippen LogP contribution in [0.4, 0.5) is 28.4 Å². The normalized spacial score (nSPS) is 11.5. The van der Waals surface area contributed by atoms with E-state index in [4.69, 9.17) is 9.47 Å². The maximum Gasteiger partial charge on any atom is 0.416 e. The van der Waals surface area contributed by atoms with Gasteiger partial charge in [-0.05, 0) is 59.3 Å². The Morgan fingerprint density at radius 2 is 1.88 bits per heavy atom. The van der Waals surface area contributed by atoms with Crippen LogP contribution in [-0.4, -0.2) is 23.7 Å². The quantitative estimate of drug-likeness (QED) is 0.0999. The minimum atomic E-state index is -4.45. The minimum Gasteiger partial charge on any atom is -0.490 e. The van der Waals surface area contributed by atoms with Gasteiger partial charge in [0.05, 0.1) is 30.5 Å². The summed E-state index contributed by atoms with van der Waals surface area (Å²) in [6, 6.07) is 14.4. The summed E-state index contributed by atoms with van der Waals surface area (Å²) in [5.74, 6) is 0.0115. The highest BCUT2D eigenvalue weighted by atomic mass is 79.9. The first-order chi connectivity index (χ1) is 19.6. The molecule has 0 aliphatic carbocycles. The summed E-state index contributed by atoms with van der Waals surface area (Å²) in [7, 11) is 0. The second-order valence-corrected chi connectivity index (χ2v) is 10.2. The van der Waals surface area contributed by atoms with Crippen LogP contribution in [0.2, 0.25) is 0 Å². The van der Waals surface area contributed by atoms with E-state index < -0.39 is 17.6 Å². The zero-order chi connectivity index (χ0) is 29.4. The first-order valence-electron chi connectivity index (χ1n) is 12.2. The van der Waals surface area contributed by atoms with E-state index >= 15 is 0 Å². The van der Waals surface area contributed by atoms with Crippen molar-refractivity contribution in [3.63, 3.8) is 0 Å². The summed E-state index contributed by atoms with van der Waals surface area (Å²) in [5, 5.41) is 8.79. The molecule has 4 rings (SSSR count). The maximum atomic E-state index is 14.0. The van der Waals surface area contributed by atoms with Gasteiger partial charge in [-0.25, -0.2) is 14.8 Å². The van der Waals surface area contributed by atoms with E-state index in [1.54, 1.807) is 35.7 Å². The van der Waals surface area contributed by atoms with E-state index in [9.17, 15) is 22.4 Å². The third-order valence-electron chi connectivity index (χ3n) is 5.43. The maximum absolute atomic E-state index is 14.0. The number of carbonyl (C=O) groups excluding carboxylic acids is 1. The van der Waals surface area contributed by atoms with E-state index in [0.717, 1.165) is 23.5 Å². The van der Waals surface area contributed by atoms with Crippen molar-refractivity contribution in [2.45, 2.75) is 26.1 Å². The van der Waals surface area contributed by atoms with Crippen LogP contribution in [0, 0.1) is 5.82 Å². The molecule has 0 aliphatic heterocycles. The van der Waals surface area contributed by atoms with Gasteiger partial charge in [0.1, 0.15) is 12.4 Å². The third-order valence-corrected chi connectivity index (χ3v) is 6.92. The standard InChI is InChI=1S/C28H23BrF4N4O3S/c1-2-39-24-10-18(22(29)13-25(24)40-15-17-6-3-4-9-23(17)30)14-34-37-26(38)12-21-16-41-27(36-21)35-20-8-5-7-19(11-20)28(31,32)33/h3-11,13-14,16H,2,12,15H2,1H3,(H,35,36)(H,37,38)/b34-14-. The fraction of sp³-hybridized carbons (Fsp3) is 0.179. The molecular formula is C28H23BrF4N4O3S. The molecular weight excluding hydrogens is 628 g/mol. The molecule has 1 heterocycles. The fourth-order valence-electron chi connectivity index (χ4n) is 3.52. The van der Waals surface area contributed by atoms with Gasteiger partial charge in [0.2, 0.25) is 5.91 Å². The summed E-state index contributed by atoms with van der Waals surface area (Å²) < 4.78 is 64.8.